The van der Waals surface area contributed by atoms with Crippen molar-refractivity contribution in [1.29, 1.82) is 0 Å². The van der Waals surface area contributed by atoms with Crippen molar-refractivity contribution in [3.05, 3.63) is 0 Å². The second-order valence-electron chi connectivity index (χ2n) is 8.50. The van der Waals surface area contributed by atoms with Crippen molar-refractivity contribution in [2.45, 2.75) is 129 Å². The summed E-state index contributed by atoms with van der Waals surface area (Å²) < 4.78 is 0. The van der Waals surface area contributed by atoms with Gasteiger partial charge in [0.2, 0.25) is 0 Å². The van der Waals surface area contributed by atoms with Gasteiger partial charge in [-0.1, -0.05) is 123 Å². The quantitative estimate of drug-likeness (QED) is 0.121. The number of hydrogen-bond donors (Lipinski definition) is 2. The van der Waals surface area contributed by atoms with Crippen LogP contribution in [0.1, 0.15) is 129 Å². The molecule has 1 atom stereocenters. The van der Waals surface area contributed by atoms with Crippen molar-refractivity contribution in [1.82, 2.24) is 0 Å². The second kappa shape index (κ2) is 22.9. The molecule has 0 bridgehead atoms. The minimum atomic E-state index is -1.25. The van der Waals surface area contributed by atoms with Crippen LogP contribution in [0.4, 0.5) is 0 Å². The molecule has 0 saturated heterocycles. The van der Waals surface area contributed by atoms with E-state index in [9.17, 15) is 19.8 Å². The number of hydrogen-bond acceptors (Lipinski definition) is 2. The van der Waals surface area contributed by atoms with E-state index in [2.05, 4.69) is 13.8 Å². The summed E-state index contributed by atoms with van der Waals surface area (Å²) >= 11 is 0. The molecular formula is C24H48CaO4. The Morgan fingerprint density at radius 3 is 1.21 bits per heavy atom. The number of unbranched alkanes of at least 4 members (excludes halogenated alkanes) is 13. The van der Waals surface area contributed by atoms with E-state index < -0.39 is 17.9 Å². The fraction of sp³-hybridized carbons (Fsp3) is 0.917. The monoisotopic (exact) mass is 440 g/mol. The van der Waals surface area contributed by atoms with Crippen LogP contribution >= 0.6 is 0 Å². The van der Waals surface area contributed by atoms with Gasteiger partial charge in [-0.05, 0) is 12.3 Å². The van der Waals surface area contributed by atoms with Gasteiger partial charge >= 0.3 is 49.7 Å². The van der Waals surface area contributed by atoms with E-state index in [1.165, 1.54) is 83.5 Å². The molecule has 0 heterocycles. The molecule has 0 aliphatic heterocycles. The van der Waals surface area contributed by atoms with Crippen LogP contribution in [-0.4, -0.2) is 59.9 Å². The van der Waals surface area contributed by atoms with Crippen LogP contribution < -0.4 is 0 Å². The molecule has 0 aliphatic carbocycles. The Hall–Kier alpha value is 0.200. The fourth-order valence-electron chi connectivity index (χ4n) is 3.98. The average molecular weight is 441 g/mol. The van der Waals surface area contributed by atoms with Gasteiger partial charge in [0, 0.05) is 0 Å². The Morgan fingerprint density at radius 1 is 0.586 bits per heavy atom. The summed E-state index contributed by atoms with van der Waals surface area (Å²) in [5.41, 5.74) is 0. The molecular weight excluding hydrogens is 392 g/mol. The molecule has 29 heavy (non-hydrogen) atoms. The van der Waals surface area contributed by atoms with E-state index >= 15 is 0 Å². The zero-order valence-corrected chi connectivity index (χ0v) is 18.6. The van der Waals surface area contributed by atoms with Crippen molar-refractivity contribution in [2.75, 3.05) is 0 Å². The molecule has 0 spiro atoms. The van der Waals surface area contributed by atoms with Crippen LogP contribution in [0, 0.1) is 11.8 Å². The van der Waals surface area contributed by atoms with Crippen LogP contribution in [0.5, 0.6) is 0 Å². The van der Waals surface area contributed by atoms with Gasteiger partial charge in [-0.15, -0.1) is 0 Å². The molecule has 170 valence electrons. The molecule has 2 N–H and O–H groups in total. The van der Waals surface area contributed by atoms with E-state index in [1.54, 1.807) is 0 Å². The zero-order valence-electron chi connectivity index (χ0n) is 18.6. The first-order valence-electron chi connectivity index (χ1n) is 12.0. The molecule has 0 aromatic rings. The first-order valence-corrected chi connectivity index (χ1v) is 12.0. The third-order valence-corrected chi connectivity index (χ3v) is 5.85. The van der Waals surface area contributed by atoms with Crippen molar-refractivity contribution in [2.24, 2.45) is 11.8 Å². The molecule has 0 rings (SSSR count). The molecule has 0 saturated carbocycles. The van der Waals surface area contributed by atoms with Crippen molar-refractivity contribution < 1.29 is 19.8 Å². The summed E-state index contributed by atoms with van der Waals surface area (Å²) in [6.45, 7) is 4.44. The average Bonchev–Trinajstić information content (AvgIpc) is 2.65. The van der Waals surface area contributed by atoms with E-state index in [4.69, 9.17) is 0 Å². The third-order valence-electron chi connectivity index (χ3n) is 5.85. The Kier molecular flexibility index (Phi) is 24.8. The van der Waals surface area contributed by atoms with Crippen LogP contribution in [0.2, 0.25) is 0 Å². The van der Waals surface area contributed by atoms with Gasteiger partial charge in [-0.3, -0.25) is 9.59 Å². The fourth-order valence-corrected chi connectivity index (χ4v) is 3.98. The Morgan fingerprint density at radius 2 is 0.897 bits per heavy atom. The van der Waals surface area contributed by atoms with Crippen LogP contribution in [0.25, 0.3) is 0 Å². The Labute approximate surface area is 209 Å². The number of aliphatic carboxylic acids is 2. The number of carboxylic acids is 2. The number of rotatable bonds is 21. The van der Waals surface area contributed by atoms with Gasteiger partial charge in [0.25, 0.3) is 0 Å². The summed E-state index contributed by atoms with van der Waals surface area (Å²) in [4.78, 5) is 22.5. The van der Waals surface area contributed by atoms with Gasteiger partial charge in [0.05, 0.1) is 0 Å². The maximum atomic E-state index is 11.3. The molecule has 0 amide bonds. The summed E-state index contributed by atoms with van der Waals surface area (Å²) in [6, 6.07) is 0. The second-order valence-corrected chi connectivity index (χ2v) is 8.50. The van der Waals surface area contributed by atoms with Gasteiger partial charge in [0.15, 0.2) is 5.92 Å². The molecule has 1 unspecified atom stereocenters. The van der Waals surface area contributed by atoms with Gasteiger partial charge in [-0.25, -0.2) is 0 Å². The van der Waals surface area contributed by atoms with Crippen LogP contribution in [-0.2, 0) is 9.59 Å². The summed E-state index contributed by atoms with van der Waals surface area (Å²) in [5.74, 6) is -3.39. The van der Waals surface area contributed by atoms with Crippen LogP contribution in [0.3, 0.4) is 0 Å². The summed E-state index contributed by atoms with van der Waals surface area (Å²) in [6.07, 6.45) is 21.1. The standard InChI is InChI=1S/C24H46O4.Ca.2H/c1-3-5-7-9-10-11-12-13-15-17-19-21(18-16-14-8-6-4-2)20-22(23(25)26)24(27)28;;;/h21-22H,3-20H2,1-2H3,(H,25,26)(H,27,28);;;. The SMILES string of the molecule is CCCCCCCCCCCCC(CCCCCCC)CC(C(=O)O)C(=O)O.[CaH2]. The van der Waals surface area contributed by atoms with E-state index in [0.29, 0.717) is 0 Å². The molecule has 0 aromatic carbocycles. The molecule has 0 fully saturated rings. The van der Waals surface area contributed by atoms with Gasteiger partial charge in [-0.2, -0.15) is 0 Å². The first kappa shape index (κ1) is 31.4. The molecule has 0 aromatic heterocycles. The van der Waals surface area contributed by atoms with Gasteiger partial charge < -0.3 is 10.2 Å². The topological polar surface area (TPSA) is 74.6 Å². The van der Waals surface area contributed by atoms with E-state index in [1.807, 2.05) is 0 Å². The zero-order chi connectivity index (χ0) is 21.0. The van der Waals surface area contributed by atoms with Crippen molar-refractivity contribution in [3.8, 4) is 0 Å². The summed E-state index contributed by atoms with van der Waals surface area (Å²) in [5, 5.41) is 18.4. The predicted octanol–water partition coefficient (Wildman–Crippen LogP) is 6.53. The third kappa shape index (κ3) is 19.9. The van der Waals surface area contributed by atoms with Gasteiger partial charge in [0.1, 0.15) is 0 Å². The predicted molar refractivity (Wildman–Crippen MR) is 125 cm³/mol. The minimum absolute atomic E-state index is 0. The molecule has 4 nitrogen and oxygen atoms in total. The molecule has 5 heteroatoms. The number of carbonyl (C=O) groups is 2. The number of carboxylic acid groups (broad SMARTS) is 2. The Bertz CT molecular complexity index is 373. The van der Waals surface area contributed by atoms with Crippen molar-refractivity contribution in [3.63, 3.8) is 0 Å². The maximum absolute atomic E-state index is 11.3. The molecule has 0 aliphatic rings. The molecule has 0 radical (unpaired) electrons. The first-order chi connectivity index (χ1) is 13.5. The van der Waals surface area contributed by atoms with Crippen LogP contribution in [0.15, 0.2) is 0 Å². The Balaban J connectivity index is 0. The normalized spacial score (nSPS) is 12.0. The summed E-state index contributed by atoms with van der Waals surface area (Å²) in [7, 11) is 0. The van der Waals surface area contributed by atoms with E-state index in [-0.39, 0.29) is 50.1 Å². The van der Waals surface area contributed by atoms with Crippen molar-refractivity contribution >= 4 is 49.7 Å². The van der Waals surface area contributed by atoms with E-state index in [0.717, 1.165) is 25.7 Å².